The van der Waals surface area contributed by atoms with Crippen molar-refractivity contribution in [3.05, 3.63) is 48.6 Å². The molecule has 0 aliphatic rings. The second kappa shape index (κ2) is 50.8. The van der Waals surface area contributed by atoms with Gasteiger partial charge in [0.1, 0.15) is 12.7 Å². The van der Waals surface area contributed by atoms with Crippen LogP contribution >= 0.6 is 7.82 Å². The van der Waals surface area contributed by atoms with Gasteiger partial charge in [0.15, 0.2) is 6.10 Å². The van der Waals surface area contributed by atoms with E-state index in [2.05, 4.69) is 69.4 Å². The second-order valence-electron chi connectivity index (χ2n) is 18.4. The summed E-state index contributed by atoms with van der Waals surface area (Å²) in [6.45, 7) is 4.51. The SMILES string of the molecule is CC/C=C\C/C=C\C/C=C\C/C=C\CCCCCCCCC(=O)OCC(COP(=O)(O)OCC(CO)OC(=O)CCCCCCCCCCCCC)OC(=O)CCCCCCCCCCCCC. The van der Waals surface area contributed by atoms with Gasteiger partial charge >= 0.3 is 25.7 Å². The smallest absolute Gasteiger partial charge is 0.462 e. The van der Waals surface area contributed by atoms with Crippen molar-refractivity contribution in [1.82, 2.24) is 0 Å². The van der Waals surface area contributed by atoms with Gasteiger partial charge < -0.3 is 24.2 Å². The number of ether oxygens (including phenoxy) is 3. The van der Waals surface area contributed by atoms with E-state index in [4.69, 9.17) is 23.3 Å². The first-order chi connectivity index (χ1) is 33.2. The van der Waals surface area contributed by atoms with Crippen molar-refractivity contribution < 1.29 is 52.2 Å². The highest BCUT2D eigenvalue weighted by molar-refractivity contribution is 7.47. The van der Waals surface area contributed by atoms with Crippen molar-refractivity contribution in [2.75, 3.05) is 26.4 Å². The molecule has 12 heteroatoms. The molecule has 68 heavy (non-hydrogen) atoms. The Labute approximate surface area is 415 Å². The van der Waals surface area contributed by atoms with Gasteiger partial charge in [0, 0.05) is 19.3 Å². The number of aliphatic hydroxyl groups is 1. The van der Waals surface area contributed by atoms with Gasteiger partial charge in [-0.1, -0.05) is 223 Å². The highest BCUT2D eigenvalue weighted by Crippen LogP contribution is 2.43. The van der Waals surface area contributed by atoms with Crippen molar-refractivity contribution in [2.24, 2.45) is 0 Å². The van der Waals surface area contributed by atoms with E-state index in [0.29, 0.717) is 19.3 Å². The van der Waals surface area contributed by atoms with Crippen molar-refractivity contribution >= 4 is 25.7 Å². The van der Waals surface area contributed by atoms with E-state index in [-0.39, 0.29) is 25.9 Å². The minimum Gasteiger partial charge on any atom is -0.462 e. The molecule has 0 rings (SSSR count). The molecule has 3 atom stereocenters. The van der Waals surface area contributed by atoms with Crippen LogP contribution in [0, 0.1) is 0 Å². The third kappa shape index (κ3) is 48.5. The van der Waals surface area contributed by atoms with E-state index in [1.165, 1.54) is 89.9 Å². The summed E-state index contributed by atoms with van der Waals surface area (Å²) in [5.41, 5.74) is 0. The summed E-state index contributed by atoms with van der Waals surface area (Å²) in [4.78, 5) is 48.3. The van der Waals surface area contributed by atoms with Crippen LogP contribution in [-0.4, -0.2) is 66.5 Å². The number of rotatable bonds is 51. The van der Waals surface area contributed by atoms with Crippen LogP contribution in [0.1, 0.15) is 252 Å². The van der Waals surface area contributed by atoms with Crippen molar-refractivity contribution in [3.63, 3.8) is 0 Å². The Bertz CT molecular complexity index is 1330. The summed E-state index contributed by atoms with van der Waals surface area (Å²) in [6, 6.07) is 0. The fourth-order valence-corrected chi connectivity index (χ4v) is 8.37. The van der Waals surface area contributed by atoms with Crippen molar-refractivity contribution in [1.29, 1.82) is 0 Å². The van der Waals surface area contributed by atoms with Crippen molar-refractivity contribution in [2.45, 2.75) is 264 Å². The zero-order valence-electron chi connectivity index (χ0n) is 43.6. The van der Waals surface area contributed by atoms with Gasteiger partial charge in [-0.2, -0.15) is 0 Å². The zero-order valence-corrected chi connectivity index (χ0v) is 44.5. The molecule has 0 bridgehead atoms. The van der Waals surface area contributed by atoms with E-state index in [1.807, 2.05) is 0 Å². The quantitative estimate of drug-likeness (QED) is 0.0197. The maximum absolute atomic E-state index is 12.8. The first-order valence-corrected chi connectivity index (χ1v) is 29.0. The number of hydrogen-bond acceptors (Lipinski definition) is 10. The molecule has 0 heterocycles. The summed E-state index contributed by atoms with van der Waals surface area (Å²) >= 11 is 0. The van der Waals surface area contributed by atoms with Gasteiger partial charge in [0.25, 0.3) is 0 Å². The van der Waals surface area contributed by atoms with E-state index in [0.717, 1.165) is 103 Å². The van der Waals surface area contributed by atoms with Crippen LogP contribution in [0.25, 0.3) is 0 Å². The molecular weight excluding hydrogens is 880 g/mol. The van der Waals surface area contributed by atoms with Crippen LogP contribution < -0.4 is 0 Å². The average Bonchev–Trinajstić information content (AvgIpc) is 3.32. The molecule has 2 N–H and O–H groups in total. The molecule has 0 aromatic heterocycles. The number of unbranched alkanes of at least 4 members (excludes halogenated alkanes) is 26. The molecule has 0 spiro atoms. The normalized spacial score (nSPS) is 13.8. The third-order valence-electron chi connectivity index (χ3n) is 11.8. The average molecular weight is 981 g/mol. The summed E-state index contributed by atoms with van der Waals surface area (Å²) in [5.74, 6) is -1.47. The zero-order chi connectivity index (χ0) is 49.9. The Morgan fingerprint density at radius 1 is 0.426 bits per heavy atom. The minimum absolute atomic E-state index is 0.168. The fraction of sp³-hybridized carbons (Fsp3) is 0.804. The lowest BCUT2D eigenvalue weighted by Gasteiger charge is -2.21. The van der Waals surface area contributed by atoms with E-state index in [9.17, 15) is 28.9 Å². The molecule has 0 amide bonds. The largest absolute Gasteiger partial charge is 0.472 e. The minimum atomic E-state index is -4.74. The molecule has 3 unspecified atom stereocenters. The van der Waals surface area contributed by atoms with Crippen LogP contribution in [0.4, 0.5) is 0 Å². The summed E-state index contributed by atoms with van der Waals surface area (Å²) in [5, 5.41) is 9.77. The molecule has 0 aliphatic carbocycles. The van der Waals surface area contributed by atoms with Gasteiger partial charge in [-0.25, -0.2) is 4.57 Å². The lowest BCUT2D eigenvalue weighted by Crippen LogP contribution is -2.30. The monoisotopic (exact) mass is 981 g/mol. The topological polar surface area (TPSA) is 155 Å². The highest BCUT2D eigenvalue weighted by Gasteiger charge is 2.28. The lowest BCUT2D eigenvalue weighted by atomic mass is 10.1. The third-order valence-corrected chi connectivity index (χ3v) is 12.7. The number of phosphoric ester groups is 1. The van der Waals surface area contributed by atoms with Crippen LogP contribution in [0.5, 0.6) is 0 Å². The number of carbonyl (C=O) groups is 3. The number of phosphoric acid groups is 1. The number of esters is 3. The van der Waals surface area contributed by atoms with E-state index in [1.54, 1.807) is 0 Å². The molecule has 0 aromatic rings. The lowest BCUT2D eigenvalue weighted by molar-refractivity contribution is -0.161. The fourth-order valence-electron chi connectivity index (χ4n) is 7.58. The van der Waals surface area contributed by atoms with Crippen LogP contribution in [-0.2, 0) is 42.2 Å². The number of hydrogen-bond donors (Lipinski definition) is 2. The number of aliphatic hydroxyl groups excluding tert-OH is 1. The Morgan fingerprint density at radius 3 is 1.18 bits per heavy atom. The Hall–Kier alpha value is -2.56. The molecule has 0 fully saturated rings. The molecule has 396 valence electrons. The van der Waals surface area contributed by atoms with E-state index >= 15 is 0 Å². The predicted molar refractivity (Wildman–Crippen MR) is 279 cm³/mol. The summed E-state index contributed by atoms with van der Waals surface area (Å²) in [6.07, 6.45) is 52.2. The van der Waals surface area contributed by atoms with E-state index < -0.39 is 57.8 Å². The first kappa shape index (κ1) is 65.4. The van der Waals surface area contributed by atoms with Gasteiger partial charge in [-0.3, -0.25) is 23.4 Å². The van der Waals surface area contributed by atoms with Gasteiger partial charge in [-0.05, 0) is 57.8 Å². The van der Waals surface area contributed by atoms with Gasteiger partial charge in [0.05, 0.1) is 19.8 Å². The molecule has 11 nitrogen and oxygen atoms in total. The molecule has 0 aromatic carbocycles. The Balaban J connectivity index is 4.69. The summed E-state index contributed by atoms with van der Waals surface area (Å²) in [7, 11) is -4.74. The van der Waals surface area contributed by atoms with Crippen LogP contribution in [0.15, 0.2) is 48.6 Å². The number of allylic oxidation sites excluding steroid dienone is 8. The Kier molecular flexibility index (Phi) is 48.9. The van der Waals surface area contributed by atoms with Gasteiger partial charge in [-0.15, -0.1) is 0 Å². The predicted octanol–water partition coefficient (Wildman–Crippen LogP) is 15.8. The van der Waals surface area contributed by atoms with Gasteiger partial charge in [0.2, 0.25) is 0 Å². The second-order valence-corrected chi connectivity index (χ2v) is 19.8. The highest BCUT2D eigenvalue weighted by atomic mass is 31.2. The maximum Gasteiger partial charge on any atom is 0.472 e. The standard InChI is InChI=1S/C56H101O11P/c1-4-7-10-13-16-19-22-23-24-25-26-27-28-29-32-33-36-39-42-45-54(58)63-49-53(67-56(60)47-44-41-38-35-31-21-18-15-12-9-6-3)51-65-68(61,62)64-50-52(48-57)66-55(59)46-43-40-37-34-30-20-17-14-11-8-5-2/h7,10,16,19,23-24,26-27,52-53,57H,4-6,8-9,11-15,17-18,20-22,25,28-51H2,1-3H3,(H,61,62)/b10-7-,19-16-,24-23-,27-26-. The summed E-state index contributed by atoms with van der Waals surface area (Å²) < 4.78 is 39.4. The molecule has 0 radical (unpaired) electrons. The Morgan fingerprint density at radius 2 is 0.765 bits per heavy atom. The first-order valence-electron chi connectivity index (χ1n) is 27.5. The van der Waals surface area contributed by atoms with Crippen molar-refractivity contribution in [3.8, 4) is 0 Å². The van der Waals surface area contributed by atoms with Crippen LogP contribution in [0.3, 0.4) is 0 Å². The maximum atomic E-state index is 12.8. The van der Waals surface area contributed by atoms with Crippen LogP contribution in [0.2, 0.25) is 0 Å². The molecule has 0 saturated carbocycles. The molecule has 0 saturated heterocycles. The number of carbonyl (C=O) groups excluding carboxylic acids is 3. The molecule has 0 aliphatic heterocycles. The molecular formula is C56H101O11P.